The Balaban J connectivity index is 1.50. The number of aryl methyl sites for hydroxylation is 3. The van der Waals surface area contributed by atoms with Crippen molar-refractivity contribution in [2.45, 2.75) is 70.7 Å². The maximum absolute atomic E-state index is 14.2. The lowest BCUT2D eigenvalue weighted by Crippen LogP contribution is -2.67. The number of hydrogen-bond donors (Lipinski definition) is 2. The number of hydrogen-bond acceptors (Lipinski definition) is 8. The van der Waals surface area contributed by atoms with E-state index >= 15 is 0 Å². The van der Waals surface area contributed by atoms with Gasteiger partial charge in [0, 0.05) is 37.9 Å². The van der Waals surface area contributed by atoms with E-state index in [1.165, 1.54) is 16.6 Å². The normalized spacial score (nSPS) is 19.3. The van der Waals surface area contributed by atoms with E-state index in [0.29, 0.717) is 40.9 Å². The van der Waals surface area contributed by atoms with E-state index in [9.17, 15) is 31.5 Å². The standard InChI is InChI=1S/C33H37F3N6O5S/c1-18(2)31(6,30(43)44)26(24-9-10-42-27(21(24)5)39-40-29(42)33(34,35)36)22-8-7-20(4)23(12-22)14-41-17-32(15-37-16-32)47-28-25(48(41,45)46)11-19(3)13-38-28/h7-13,18,26,37H,14-17H2,1-6H3,(H,43,44)/t26-,31?/m1/s1. The first kappa shape index (κ1) is 33.8. The third kappa shape index (κ3) is 5.41. The van der Waals surface area contributed by atoms with Gasteiger partial charge in [-0.05, 0) is 79.1 Å². The third-order valence-corrected chi connectivity index (χ3v) is 11.8. The van der Waals surface area contributed by atoms with Gasteiger partial charge in [0.1, 0.15) is 10.5 Å². The molecule has 1 fully saturated rings. The fourth-order valence-electron chi connectivity index (χ4n) is 6.69. The lowest BCUT2D eigenvalue weighted by molar-refractivity contribution is -0.151. The summed E-state index contributed by atoms with van der Waals surface area (Å²) >= 11 is 0. The molecule has 0 radical (unpaired) electrons. The fraction of sp³-hybridized carbons (Fsp3) is 0.455. The van der Waals surface area contributed by atoms with E-state index in [0.717, 1.165) is 9.96 Å². The number of aromatic nitrogens is 4. The number of carboxylic acids is 1. The minimum Gasteiger partial charge on any atom is -0.481 e. The topological polar surface area (TPSA) is 139 Å². The second kappa shape index (κ2) is 11.5. The Morgan fingerprint density at radius 3 is 2.44 bits per heavy atom. The van der Waals surface area contributed by atoms with Crippen LogP contribution in [0.4, 0.5) is 13.2 Å². The van der Waals surface area contributed by atoms with Crippen LogP contribution in [-0.2, 0) is 27.5 Å². The summed E-state index contributed by atoms with van der Waals surface area (Å²) in [6.45, 7) is 11.3. The zero-order valence-corrected chi connectivity index (χ0v) is 28.2. The number of pyridine rings is 2. The molecule has 6 rings (SSSR count). The zero-order chi connectivity index (χ0) is 35.0. The highest BCUT2D eigenvalue weighted by Gasteiger charge is 2.49. The number of aliphatic carboxylic acids is 1. The summed E-state index contributed by atoms with van der Waals surface area (Å²) in [5.41, 5.74) is 1.20. The molecule has 2 N–H and O–H groups in total. The van der Waals surface area contributed by atoms with E-state index in [-0.39, 0.29) is 29.5 Å². The van der Waals surface area contributed by atoms with Crippen LogP contribution >= 0.6 is 0 Å². The summed E-state index contributed by atoms with van der Waals surface area (Å²) in [6.07, 6.45) is -1.96. The van der Waals surface area contributed by atoms with Crippen LogP contribution in [-0.4, -0.2) is 68.6 Å². The Morgan fingerprint density at radius 1 is 1.12 bits per heavy atom. The summed E-state index contributed by atoms with van der Waals surface area (Å²) in [5.74, 6) is -3.50. The van der Waals surface area contributed by atoms with Crippen LogP contribution in [0, 0.1) is 32.1 Å². The number of alkyl halides is 3. The zero-order valence-electron chi connectivity index (χ0n) is 27.4. The molecule has 0 bridgehead atoms. The number of benzene rings is 1. The Labute approximate surface area is 276 Å². The van der Waals surface area contributed by atoms with Gasteiger partial charge in [-0.25, -0.2) is 13.4 Å². The molecule has 4 aromatic rings. The van der Waals surface area contributed by atoms with Crippen LogP contribution < -0.4 is 10.1 Å². The molecule has 2 atom stereocenters. The molecule has 256 valence electrons. The summed E-state index contributed by atoms with van der Waals surface area (Å²) < 4.78 is 77.8. The van der Waals surface area contributed by atoms with Gasteiger partial charge in [0.25, 0.3) is 0 Å². The molecule has 1 unspecified atom stereocenters. The van der Waals surface area contributed by atoms with Crippen LogP contribution in [0.15, 0.2) is 47.6 Å². The van der Waals surface area contributed by atoms with Gasteiger partial charge < -0.3 is 15.2 Å². The summed E-state index contributed by atoms with van der Waals surface area (Å²) in [7, 11) is -4.07. The quantitative estimate of drug-likeness (QED) is 0.279. The number of nitrogens with one attached hydrogen (secondary N) is 1. The number of sulfonamides is 1. The fourth-order valence-corrected chi connectivity index (χ4v) is 8.33. The van der Waals surface area contributed by atoms with Gasteiger partial charge in [-0.1, -0.05) is 32.0 Å². The number of ether oxygens (including phenoxy) is 1. The predicted octanol–water partition coefficient (Wildman–Crippen LogP) is 4.87. The van der Waals surface area contributed by atoms with Gasteiger partial charge in [-0.15, -0.1) is 10.2 Å². The van der Waals surface area contributed by atoms with Gasteiger partial charge in [0.2, 0.25) is 21.7 Å². The van der Waals surface area contributed by atoms with Crippen molar-refractivity contribution in [2.75, 3.05) is 19.6 Å². The Hall–Kier alpha value is -4.08. The molecule has 5 heterocycles. The maximum atomic E-state index is 14.2. The predicted molar refractivity (Wildman–Crippen MR) is 169 cm³/mol. The van der Waals surface area contributed by atoms with Crippen molar-refractivity contribution >= 4 is 21.6 Å². The van der Waals surface area contributed by atoms with Gasteiger partial charge in [-0.2, -0.15) is 17.5 Å². The van der Waals surface area contributed by atoms with Crippen molar-refractivity contribution in [1.82, 2.24) is 29.2 Å². The van der Waals surface area contributed by atoms with Crippen LogP contribution in [0.1, 0.15) is 65.9 Å². The monoisotopic (exact) mass is 686 g/mol. The van der Waals surface area contributed by atoms with E-state index in [1.54, 1.807) is 59.0 Å². The molecule has 1 saturated heterocycles. The molecule has 0 aliphatic carbocycles. The van der Waals surface area contributed by atoms with Gasteiger partial charge in [0.15, 0.2) is 5.65 Å². The molecule has 2 aliphatic rings. The Morgan fingerprint density at radius 2 is 1.83 bits per heavy atom. The van der Waals surface area contributed by atoms with Gasteiger partial charge in [-0.3, -0.25) is 9.20 Å². The first-order valence-electron chi connectivity index (χ1n) is 15.5. The minimum absolute atomic E-state index is 0.0216. The van der Waals surface area contributed by atoms with Crippen molar-refractivity contribution in [2.24, 2.45) is 11.3 Å². The third-order valence-electron chi connectivity index (χ3n) is 9.99. The smallest absolute Gasteiger partial charge is 0.452 e. The van der Waals surface area contributed by atoms with E-state index < -0.39 is 50.8 Å². The lowest BCUT2D eigenvalue weighted by Gasteiger charge is -2.42. The average molecular weight is 687 g/mol. The summed E-state index contributed by atoms with van der Waals surface area (Å²) in [6, 6.07) is 8.45. The van der Waals surface area contributed by atoms with Crippen molar-refractivity contribution < 1.29 is 36.2 Å². The lowest BCUT2D eigenvalue weighted by atomic mass is 9.63. The molecule has 3 aromatic heterocycles. The number of halogens is 3. The van der Waals surface area contributed by atoms with Crippen molar-refractivity contribution in [3.63, 3.8) is 0 Å². The average Bonchev–Trinajstić information content (AvgIpc) is 3.41. The highest BCUT2D eigenvalue weighted by Crippen LogP contribution is 2.48. The van der Waals surface area contributed by atoms with E-state index in [4.69, 9.17) is 4.74 Å². The van der Waals surface area contributed by atoms with Crippen LogP contribution in [0.2, 0.25) is 0 Å². The molecule has 0 saturated carbocycles. The van der Waals surface area contributed by atoms with Crippen LogP contribution in [0.25, 0.3) is 5.65 Å². The van der Waals surface area contributed by atoms with Gasteiger partial charge >= 0.3 is 12.1 Å². The van der Waals surface area contributed by atoms with Crippen LogP contribution in [0.5, 0.6) is 5.88 Å². The highest BCUT2D eigenvalue weighted by molar-refractivity contribution is 7.89. The molecular formula is C33H37F3N6O5S. The second-order valence-electron chi connectivity index (χ2n) is 13.5. The SMILES string of the molecule is Cc1cnc2c(c1)S(=O)(=O)N(Cc1cc([C@H](c3ccn4c(C(F)(F)F)nnc4c3C)C(C)(C(=O)O)C(C)C)ccc1C)CC1(CNC1)O2. The molecule has 0 amide bonds. The van der Waals surface area contributed by atoms with Crippen molar-refractivity contribution in [1.29, 1.82) is 0 Å². The molecular weight excluding hydrogens is 649 g/mol. The highest BCUT2D eigenvalue weighted by atomic mass is 32.2. The molecule has 15 heteroatoms. The molecule has 11 nitrogen and oxygen atoms in total. The summed E-state index contributed by atoms with van der Waals surface area (Å²) in [4.78, 5) is 17.4. The number of carbonyl (C=O) groups is 1. The summed E-state index contributed by atoms with van der Waals surface area (Å²) in [5, 5.41) is 21.1. The molecule has 48 heavy (non-hydrogen) atoms. The number of carboxylic acid groups (broad SMARTS) is 1. The Kier molecular flexibility index (Phi) is 8.11. The Bertz CT molecular complexity index is 2040. The van der Waals surface area contributed by atoms with Crippen LogP contribution in [0.3, 0.4) is 0 Å². The first-order chi connectivity index (χ1) is 22.4. The van der Waals surface area contributed by atoms with E-state index in [1.807, 2.05) is 13.0 Å². The van der Waals surface area contributed by atoms with E-state index in [2.05, 4.69) is 20.5 Å². The minimum atomic E-state index is -4.74. The largest absolute Gasteiger partial charge is 0.481 e. The first-order valence-corrected chi connectivity index (χ1v) is 16.9. The van der Waals surface area contributed by atoms with Gasteiger partial charge in [0.05, 0.1) is 12.0 Å². The molecule has 1 aromatic carbocycles. The second-order valence-corrected chi connectivity index (χ2v) is 15.4. The maximum Gasteiger partial charge on any atom is 0.452 e. The molecule has 2 aliphatic heterocycles. The van der Waals surface area contributed by atoms with Crippen molar-refractivity contribution in [3.05, 3.63) is 81.9 Å². The number of fused-ring (bicyclic) bond motifs is 2. The number of nitrogens with zero attached hydrogens (tertiary/aromatic N) is 5. The van der Waals surface area contributed by atoms with Crippen molar-refractivity contribution in [3.8, 4) is 5.88 Å². The molecule has 1 spiro atoms. The number of rotatable bonds is 7.